The summed E-state index contributed by atoms with van der Waals surface area (Å²) in [5.74, 6) is 0.980. The number of anilines is 1. The number of piperidine rings is 1. The Kier molecular flexibility index (Phi) is 4.52. The van der Waals surface area contributed by atoms with Gasteiger partial charge < -0.3 is 4.90 Å². The topological polar surface area (TPSA) is 66.5 Å². The van der Waals surface area contributed by atoms with Crippen molar-refractivity contribution in [3.63, 3.8) is 0 Å². The van der Waals surface area contributed by atoms with Crippen LogP contribution < -0.4 is 4.72 Å². The highest BCUT2D eigenvalue weighted by Gasteiger charge is 2.66. The average molecular weight is 425 g/mol. The number of rotatable bonds is 5. The highest BCUT2D eigenvalue weighted by atomic mass is 35.5. The fourth-order valence-corrected chi connectivity index (χ4v) is 5.83. The van der Waals surface area contributed by atoms with Crippen LogP contribution in [0.15, 0.2) is 35.7 Å². The third kappa shape index (κ3) is 3.60. The molecule has 0 radical (unpaired) electrons. The fraction of sp³-hybridized carbons (Fsp3) is 0.421. The maximum atomic E-state index is 12.6. The maximum absolute atomic E-state index is 12.6. The Morgan fingerprint density at radius 3 is 2.63 bits per heavy atom. The molecule has 1 N–H and O–H groups in total. The van der Waals surface area contributed by atoms with Gasteiger partial charge in [0, 0.05) is 24.2 Å². The van der Waals surface area contributed by atoms with E-state index in [1.54, 1.807) is 6.07 Å². The quantitative estimate of drug-likeness (QED) is 0.800. The van der Waals surface area contributed by atoms with E-state index in [0.29, 0.717) is 28.3 Å². The zero-order valence-corrected chi connectivity index (χ0v) is 17.5. The number of halogens is 1. The molecule has 1 aromatic carbocycles. The minimum absolute atomic E-state index is 0.00232. The van der Waals surface area contributed by atoms with E-state index in [2.05, 4.69) is 11.6 Å². The number of sulfonamides is 1. The summed E-state index contributed by atoms with van der Waals surface area (Å²) >= 11 is 7.39. The Balaban J connectivity index is 1.43. The first-order valence-electron chi connectivity index (χ1n) is 8.76. The highest BCUT2D eigenvalue weighted by Crippen LogP contribution is 2.63. The Labute approximate surface area is 168 Å². The van der Waals surface area contributed by atoms with Gasteiger partial charge in [0.05, 0.1) is 17.0 Å². The molecule has 1 amide bonds. The van der Waals surface area contributed by atoms with Crippen LogP contribution in [0.3, 0.4) is 0 Å². The summed E-state index contributed by atoms with van der Waals surface area (Å²) < 4.78 is 26.2. The van der Waals surface area contributed by atoms with E-state index in [4.69, 9.17) is 11.6 Å². The first-order valence-corrected chi connectivity index (χ1v) is 11.9. The van der Waals surface area contributed by atoms with Crippen molar-refractivity contribution in [2.75, 3.05) is 24.1 Å². The molecular formula is C19H21ClN2O3S2. The van der Waals surface area contributed by atoms with E-state index in [-0.39, 0.29) is 11.3 Å². The summed E-state index contributed by atoms with van der Waals surface area (Å²) in [6, 6.07) is 9.45. The number of nitrogens with one attached hydrogen (secondary N) is 1. The van der Waals surface area contributed by atoms with Crippen LogP contribution in [0.5, 0.6) is 0 Å². The zero-order chi connectivity index (χ0) is 19.4. The van der Waals surface area contributed by atoms with E-state index in [9.17, 15) is 13.2 Å². The Morgan fingerprint density at radius 2 is 2.04 bits per heavy atom. The van der Waals surface area contributed by atoms with Gasteiger partial charge in [0.25, 0.3) is 0 Å². The Morgan fingerprint density at radius 1 is 1.33 bits per heavy atom. The molecule has 1 aliphatic carbocycles. The number of benzene rings is 1. The van der Waals surface area contributed by atoms with E-state index in [0.717, 1.165) is 30.5 Å². The molecule has 27 heavy (non-hydrogen) atoms. The summed E-state index contributed by atoms with van der Waals surface area (Å²) in [6.07, 6.45) is 1.55. The van der Waals surface area contributed by atoms with Crippen molar-refractivity contribution in [2.45, 2.75) is 18.8 Å². The molecule has 4 rings (SSSR count). The number of hydrogen-bond acceptors (Lipinski definition) is 4. The van der Waals surface area contributed by atoms with E-state index < -0.39 is 10.0 Å². The summed E-state index contributed by atoms with van der Waals surface area (Å²) in [5, 5.41) is 1.93. The van der Waals surface area contributed by atoms with Gasteiger partial charge in [0.2, 0.25) is 15.9 Å². The molecule has 1 saturated carbocycles. The molecule has 2 fully saturated rings. The van der Waals surface area contributed by atoms with Crippen molar-refractivity contribution < 1.29 is 13.2 Å². The molecule has 8 heteroatoms. The van der Waals surface area contributed by atoms with Crippen LogP contribution in [-0.4, -0.2) is 38.6 Å². The molecule has 2 unspecified atom stereocenters. The SMILES string of the molecule is CC1(c2cccc(NS(C)(=O)=O)c2)C2CN(C(=O)Cc3csc(Cl)c3)CC21. The third-order valence-corrected chi connectivity index (χ3v) is 7.62. The summed E-state index contributed by atoms with van der Waals surface area (Å²) in [6.45, 7) is 3.71. The number of hydrogen-bond donors (Lipinski definition) is 1. The van der Waals surface area contributed by atoms with Crippen LogP contribution >= 0.6 is 22.9 Å². The van der Waals surface area contributed by atoms with Crippen molar-refractivity contribution >= 4 is 44.6 Å². The van der Waals surface area contributed by atoms with Gasteiger partial charge in [0.1, 0.15) is 0 Å². The van der Waals surface area contributed by atoms with Gasteiger partial charge >= 0.3 is 0 Å². The largest absolute Gasteiger partial charge is 0.342 e. The second kappa shape index (κ2) is 6.50. The van der Waals surface area contributed by atoms with Gasteiger partial charge in [-0.1, -0.05) is 30.7 Å². The third-order valence-electron chi connectivity index (χ3n) is 5.87. The number of thiophene rings is 1. The van der Waals surface area contributed by atoms with Crippen molar-refractivity contribution in [3.8, 4) is 0 Å². The van der Waals surface area contributed by atoms with Crippen molar-refractivity contribution in [1.29, 1.82) is 0 Å². The van der Waals surface area contributed by atoms with Gasteiger partial charge in [-0.15, -0.1) is 11.3 Å². The molecule has 2 atom stereocenters. The Hall–Kier alpha value is -1.57. The lowest BCUT2D eigenvalue weighted by Gasteiger charge is -2.25. The predicted molar refractivity (Wildman–Crippen MR) is 109 cm³/mol. The lowest BCUT2D eigenvalue weighted by atomic mass is 9.92. The molecule has 5 nitrogen and oxygen atoms in total. The number of nitrogens with zero attached hydrogens (tertiary/aromatic N) is 1. The van der Waals surface area contributed by atoms with Crippen LogP contribution in [0.2, 0.25) is 4.34 Å². The van der Waals surface area contributed by atoms with Crippen LogP contribution in [0, 0.1) is 11.8 Å². The summed E-state index contributed by atoms with van der Waals surface area (Å²) in [4.78, 5) is 14.5. The normalized spacial score (nSPS) is 26.7. The van der Waals surface area contributed by atoms with Gasteiger partial charge in [-0.2, -0.15) is 0 Å². The van der Waals surface area contributed by atoms with Gasteiger partial charge in [-0.25, -0.2) is 8.42 Å². The standard InChI is InChI=1S/C19H21ClN2O3S2/c1-19(13-4-3-5-14(8-13)21-27(2,24)25)15-9-22(10-16(15)19)18(23)7-12-6-17(20)26-11-12/h3-6,8,11,15-16,21H,7,9-10H2,1-2H3. The van der Waals surface area contributed by atoms with Crippen molar-refractivity contribution in [3.05, 3.63) is 51.2 Å². The first kappa shape index (κ1) is 18.8. The van der Waals surface area contributed by atoms with Crippen LogP contribution in [0.1, 0.15) is 18.1 Å². The number of fused-ring (bicyclic) bond motifs is 1. The fourth-order valence-electron chi connectivity index (χ4n) is 4.37. The molecule has 1 aromatic heterocycles. The second-order valence-corrected chi connectivity index (χ2v) is 11.0. The monoisotopic (exact) mass is 424 g/mol. The minimum Gasteiger partial charge on any atom is -0.342 e. The van der Waals surface area contributed by atoms with Crippen LogP contribution in [0.25, 0.3) is 0 Å². The molecule has 2 aromatic rings. The number of likely N-dealkylation sites (tertiary alicyclic amines) is 1. The summed E-state index contributed by atoms with van der Waals surface area (Å²) in [7, 11) is -3.30. The highest BCUT2D eigenvalue weighted by molar-refractivity contribution is 7.92. The molecule has 144 valence electrons. The average Bonchev–Trinajstić information content (AvgIpc) is 2.97. The molecule has 0 bridgehead atoms. The number of carbonyl (C=O) groups excluding carboxylic acids is 1. The smallest absolute Gasteiger partial charge is 0.229 e. The van der Waals surface area contributed by atoms with E-state index in [1.165, 1.54) is 11.3 Å². The van der Waals surface area contributed by atoms with Crippen LogP contribution in [-0.2, 0) is 26.7 Å². The second-order valence-electron chi connectivity index (χ2n) is 7.69. The molecule has 0 spiro atoms. The van der Waals surface area contributed by atoms with Gasteiger partial charge in [0.15, 0.2) is 0 Å². The van der Waals surface area contributed by atoms with Crippen LogP contribution in [0.4, 0.5) is 5.69 Å². The number of amides is 1. The van der Waals surface area contributed by atoms with E-state index >= 15 is 0 Å². The molecular weight excluding hydrogens is 404 g/mol. The zero-order valence-electron chi connectivity index (χ0n) is 15.1. The maximum Gasteiger partial charge on any atom is 0.229 e. The number of carbonyl (C=O) groups is 1. The van der Waals surface area contributed by atoms with E-state index in [1.807, 2.05) is 34.5 Å². The van der Waals surface area contributed by atoms with Crippen molar-refractivity contribution in [1.82, 2.24) is 4.90 Å². The molecule has 1 saturated heterocycles. The molecule has 1 aliphatic heterocycles. The lowest BCUT2D eigenvalue weighted by molar-refractivity contribution is -0.130. The minimum atomic E-state index is -3.30. The van der Waals surface area contributed by atoms with Crippen molar-refractivity contribution in [2.24, 2.45) is 11.8 Å². The molecule has 2 aliphatic rings. The summed E-state index contributed by atoms with van der Waals surface area (Å²) in [5.41, 5.74) is 2.68. The Bertz CT molecular complexity index is 990. The predicted octanol–water partition coefficient (Wildman–Crippen LogP) is 3.36. The van der Waals surface area contributed by atoms with Gasteiger partial charge in [-0.05, 0) is 46.5 Å². The lowest BCUT2D eigenvalue weighted by Crippen LogP contribution is -2.35. The van der Waals surface area contributed by atoms with Gasteiger partial charge in [-0.3, -0.25) is 9.52 Å². The first-order chi connectivity index (χ1) is 12.7. The molecule has 2 heterocycles.